The summed E-state index contributed by atoms with van der Waals surface area (Å²) < 4.78 is 5.17. The number of ether oxygens (including phenoxy) is 1. The van der Waals surface area contributed by atoms with Crippen LogP contribution in [0.5, 0.6) is 5.75 Å². The number of methoxy groups -OCH3 is 1. The van der Waals surface area contributed by atoms with E-state index in [9.17, 15) is 4.79 Å². The molecule has 1 heterocycles. The number of imidazole rings is 1. The minimum Gasteiger partial charge on any atom is -0.495 e. The van der Waals surface area contributed by atoms with Gasteiger partial charge in [0.05, 0.1) is 12.8 Å². The molecule has 106 valence electrons. The molecule has 3 N–H and O–H groups in total. The standard InChI is InChI=1S/C14H18N4O2/c1-20-12-6-3-2-5-11(12)18-14(19)17-8-4-7-13-15-9-10-16-13/h2-3,5-6,9-10H,4,7-8H2,1H3,(H,15,16)(H2,17,18,19). The van der Waals surface area contributed by atoms with Crippen molar-refractivity contribution in [2.45, 2.75) is 12.8 Å². The van der Waals surface area contributed by atoms with Gasteiger partial charge in [-0.1, -0.05) is 12.1 Å². The van der Waals surface area contributed by atoms with Crippen LogP contribution in [0.1, 0.15) is 12.2 Å². The zero-order chi connectivity index (χ0) is 14.2. The number of H-pyrrole nitrogens is 1. The predicted molar refractivity (Wildman–Crippen MR) is 76.9 cm³/mol. The molecule has 2 aromatic rings. The topological polar surface area (TPSA) is 79.0 Å². The number of rotatable bonds is 6. The fourth-order valence-electron chi connectivity index (χ4n) is 1.81. The number of benzene rings is 1. The summed E-state index contributed by atoms with van der Waals surface area (Å²) in [5.41, 5.74) is 0.651. The maximum absolute atomic E-state index is 11.7. The van der Waals surface area contributed by atoms with Crippen molar-refractivity contribution in [2.24, 2.45) is 0 Å². The van der Waals surface area contributed by atoms with E-state index in [1.54, 1.807) is 31.6 Å². The lowest BCUT2D eigenvalue weighted by atomic mass is 10.3. The number of hydrogen-bond donors (Lipinski definition) is 3. The summed E-state index contributed by atoms with van der Waals surface area (Å²) in [4.78, 5) is 18.9. The largest absolute Gasteiger partial charge is 0.495 e. The first kappa shape index (κ1) is 13.9. The van der Waals surface area contributed by atoms with Crippen LogP contribution in [0.4, 0.5) is 10.5 Å². The van der Waals surface area contributed by atoms with E-state index in [-0.39, 0.29) is 6.03 Å². The maximum atomic E-state index is 11.7. The normalized spacial score (nSPS) is 10.1. The van der Waals surface area contributed by atoms with Crippen molar-refractivity contribution in [3.05, 3.63) is 42.5 Å². The molecule has 0 aliphatic carbocycles. The number of amides is 2. The number of carbonyl (C=O) groups excluding carboxylic acids is 1. The first-order valence-corrected chi connectivity index (χ1v) is 6.45. The highest BCUT2D eigenvalue weighted by Crippen LogP contribution is 2.22. The fraction of sp³-hybridized carbons (Fsp3) is 0.286. The monoisotopic (exact) mass is 274 g/mol. The van der Waals surface area contributed by atoms with Gasteiger partial charge in [-0.05, 0) is 18.6 Å². The number of nitrogens with zero attached hydrogens (tertiary/aromatic N) is 1. The zero-order valence-corrected chi connectivity index (χ0v) is 11.3. The maximum Gasteiger partial charge on any atom is 0.319 e. The highest BCUT2D eigenvalue weighted by Gasteiger charge is 2.05. The zero-order valence-electron chi connectivity index (χ0n) is 11.3. The molecule has 0 saturated carbocycles. The minimum absolute atomic E-state index is 0.242. The Morgan fingerprint density at radius 3 is 3.00 bits per heavy atom. The number of anilines is 1. The average Bonchev–Trinajstić information content (AvgIpc) is 2.97. The van der Waals surface area contributed by atoms with Gasteiger partial charge in [-0.15, -0.1) is 0 Å². The number of aryl methyl sites for hydroxylation is 1. The lowest BCUT2D eigenvalue weighted by Crippen LogP contribution is -2.29. The summed E-state index contributed by atoms with van der Waals surface area (Å²) in [5.74, 6) is 1.56. The molecule has 0 aliphatic heterocycles. The summed E-state index contributed by atoms with van der Waals surface area (Å²) in [6.07, 6.45) is 5.14. The summed E-state index contributed by atoms with van der Waals surface area (Å²) in [7, 11) is 1.57. The third kappa shape index (κ3) is 4.01. The van der Waals surface area contributed by atoms with Gasteiger partial charge in [0, 0.05) is 25.4 Å². The van der Waals surface area contributed by atoms with Gasteiger partial charge in [-0.2, -0.15) is 0 Å². The Kier molecular flexibility index (Phi) is 5.00. The summed E-state index contributed by atoms with van der Waals surface area (Å²) in [6.45, 7) is 0.585. The van der Waals surface area contributed by atoms with Gasteiger partial charge >= 0.3 is 6.03 Å². The second-order valence-corrected chi connectivity index (χ2v) is 4.22. The quantitative estimate of drug-likeness (QED) is 0.706. The van der Waals surface area contributed by atoms with Gasteiger partial charge < -0.3 is 20.4 Å². The van der Waals surface area contributed by atoms with Crippen molar-refractivity contribution in [1.82, 2.24) is 15.3 Å². The molecule has 1 aromatic carbocycles. The Morgan fingerprint density at radius 2 is 2.25 bits per heavy atom. The number of hydrogen-bond acceptors (Lipinski definition) is 3. The average molecular weight is 274 g/mol. The molecule has 0 spiro atoms. The molecule has 20 heavy (non-hydrogen) atoms. The third-order valence-corrected chi connectivity index (χ3v) is 2.79. The Bertz CT molecular complexity index is 540. The summed E-state index contributed by atoms with van der Waals surface area (Å²) >= 11 is 0. The van der Waals surface area contributed by atoms with Gasteiger partial charge in [0.2, 0.25) is 0 Å². The van der Waals surface area contributed by atoms with Crippen LogP contribution in [0.2, 0.25) is 0 Å². The summed E-state index contributed by atoms with van der Waals surface area (Å²) in [5, 5.41) is 5.55. The minimum atomic E-state index is -0.242. The van der Waals surface area contributed by atoms with Crippen molar-refractivity contribution in [1.29, 1.82) is 0 Å². The number of carbonyl (C=O) groups is 1. The molecule has 0 radical (unpaired) electrons. The second-order valence-electron chi connectivity index (χ2n) is 4.22. The van der Waals surface area contributed by atoms with E-state index in [0.29, 0.717) is 18.0 Å². The molecule has 0 atom stereocenters. The van der Waals surface area contributed by atoms with Gasteiger partial charge in [0.15, 0.2) is 0 Å². The van der Waals surface area contributed by atoms with Gasteiger partial charge in [0.1, 0.15) is 11.6 Å². The molecule has 0 saturated heterocycles. The van der Waals surface area contributed by atoms with E-state index in [1.165, 1.54) is 0 Å². The van der Waals surface area contributed by atoms with Gasteiger partial charge in [-0.3, -0.25) is 0 Å². The van der Waals surface area contributed by atoms with Crippen molar-refractivity contribution in [3.8, 4) is 5.75 Å². The molecule has 6 nitrogen and oxygen atoms in total. The number of aromatic amines is 1. The molecule has 0 fully saturated rings. The molecular weight excluding hydrogens is 256 g/mol. The first-order valence-electron chi connectivity index (χ1n) is 6.45. The molecule has 0 aliphatic rings. The molecule has 6 heteroatoms. The molecular formula is C14H18N4O2. The van der Waals surface area contributed by atoms with Crippen molar-refractivity contribution >= 4 is 11.7 Å². The highest BCUT2D eigenvalue weighted by atomic mass is 16.5. The summed E-state index contributed by atoms with van der Waals surface area (Å²) in [6, 6.07) is 7.04. The van der Waals surface area contributed by atoms with Crippen LogP contribution >= 0.6 is 0 Å². The second kappa shape index (κ2) is 7.18. The first-order chi connectivity index (χ1) is 9.79. The van der Waals surface area contributed by atoms with E-state index in [2.05, 4.69) is 20.6 Å². The van der Waals surface area contributed by atoms with E-state index in [4.69, 9.17) is 4.74 Å². The van der Waals surface area contributed by atoms with Crippen LogP contribution < -0.4 is 15.4 Å². The van der Waals surface area contributed by atoms with Crippen LogP contribution in [-0.4, -0.2) is 29.7 Å². The lowest BCUT2D eigenvalue weighted by Gasteiger charge is -2.10. The van der Waals surface area contributed by atoms with Gasteiger partial charge in [-0.25, -0.2) is 9.78 Å². The number of aromatic nitrogens is 2. The Balaban J connectivity index is 1.72. The SMILES string of the molecule is COc1ccccc1NC(=O)NCCCc1ncc[nH]1. The van der Waals surface area contributed by atoms with Gasteiger partial charge in [0.25, 0.3) is 0 Å². The number of urea groups is 1. The number of para-hydroxylation sites is 2. The van der Waals surface area contributed by atoms with Crippen LogP contribution in [0.15, 0.2) is 36.7 Å². The molecule has 1 aromatic heterocycles. The highest BCUT2D eigenvalue weighted by molar-refractivity contribution is 5.90. The molecule has 0 bridgehead atoms. The Morgan fingerprint density at radius 1 is 1.40 bits per heavy atom. The predicted octanol–water partition coefficient (Wildman–Crippen LogP) is 2.17. The van der Waals surface area contributed by atoms with E-state index in [1.807, 2.05) is 12.1 Å². The van der Waals surface area contributed by atoms with Crippen LogP contribution in [0.3, 0.4) is 0 Å². The van der Waals surface area contributed by atoms with Crippen molar-refractivity contribution in [3.63, 3.8) is 0 Å². The Hall–Kier alpha value is -2.50. The van der Waals surface area contributed by atoms with E-state index >= 15 is 0 Å². The number of nitrogens with one attached hydrogen (secondary N) is 3. The fourth-order valence-corrected chi connectivity index (χ4v) is 1.81. The smallest absolute Gasteiger partial charge is 0.319 e. The lowest BCUT2D eigenvalue weighted by molar-refractivity contribution is 0.252. The van der Waals surface area contributed by atoms with E-state index in [0.717, 1.165) is 18.7 Å². The third-order valence-electron chi connectivity index (χ3n) is 2.79. The molecule has 2 amide bonds. The molecule has 0 unspecified atom stereocenters. The Labute approximate surface area is 117 Å². The van der Waals surface area contributed by atoms with Crippen LogP contribution in [0.25, 0.3) is 0 Å². The van der Waals surface area contributed by atoms with Crippen molar-refractivity contribution in [2.75, 3.05) is 19.0 Å². The molecule has 2 rings (SSSR count). The van der Waals surface area contributed by atoms with E-state index < -0.39 is 0 Å². The van der Waals surface area contributed by atoms with Crippen LogP contribution in [0, 0.1) is 0 Å². The van der Waals surface area contributed by atoms with Crippen molar-refractivity contribution < 1.29 is 9.53 Å². The van der Waals surface area contributed by atoms with Crippen LogP contribution in [-0.2, 0) is 6.42 Å².